The molecule has 0 radical (unpaired) electrons. The summed E-state index contributed by atoms with van der Waals surface area (Å²) in [5, 5.41) is 18.0. The van der Waals surface area contributed by atoms with E-state index in [1.165, 1.54) is 12.1 Å². The maximum absolute atomic E-state index is 11.3. The van der Waals surface area contributed by atoms with Gasteiger partial charge in [-0.2, -0.15) is 0 Å². The summed E-state index contributed by atoms with van der Waals surface area (Å²) in [4.78, 5) is 11.3. The van der Waals surface area contributed by atoms with E-state index in [4.69, 9.17) is 0 Å². The molecule has 0 atom stereocenters. The minimum absolute atomic E-state index is 0. The van der Waals surface area contributed by atoms with E-state index >= 15 is 0 Å². The second-order valence-corrected chi connectivity index (χ2v) is 5.94. The van der Waals surface area contributed by atoms with Crippen LogP contribution in [0.2, 0.25) is 0 Å². The molecule has 2 aromatic rings. The largest absolute Gasteiger partial charge is 1.00 e. The molecule has 0 bridgehead atoms. The fraction of sp³-hybridized carbons (Fsp3) is 0.364. The Hall–Kier alpha value is 0. The van der Waals surface area contributed by atoms with Gasteiger partial charge < -0.3 is 14.5 Å². The van der Waals surface area contributed by atoms with Crippen LogP contribution in [0.15, 0.2) is 12.1 Å². The fourth-order valence-corrected chi connectivity index (χ4v) is 2.53. The van der Waals surface area contributed by atoms with Crippen LogP contribution in [-0.2, 0) is 16.7 Å². The molecule has 0 saturated carbocycles. The molecule has 0 aliphatic carbocycles. The number of carboxylic acids is 1. The maximum Gasteiger partial charge on any atom is 1.00 e. The first-order valence-corrected chi connectivity index (χ1v) is 7.13. The van der Waals surface area contributed by atoms with Gasteiger partial charge in [0.05, 0.1) is 5.97 Å². The Bertz CT molecular complexity index is 788. The number of carboxylic acid groups (broad SMARTS) is 1. The molecule has 1 aromatic heterocycles. The Labute approximate surface area is 171 Å². The third-order valence-corrected chi connectivity index (χ3v) is 3.41. The zero-order valence-corrected chi connectivity index (χ0v) is 17.5. The minimum Gasteiger partial charge on any atom is -0.729 e. The molecule has 0 aliphatic rings. The van der Waals surface area contributed by atoms with Gasteiger partial charge >= 0.3 is 59.1 Å². The van der Waals surface area contributed by atoms with Crippen molar-refractivity contribution in [3.8, 4) is 0 Å². The number of benzene rings is 1. The van der Waals surface area contributed by atoms with E-state index in [1.54, 1.807) is 0 Å². The quantitative estimate of drug-likeness (QED) is 0.399. The smallest absolute Gasteiger partial charge is 0.729 e. The Kier molecular flexibility index (Phi) is 8.20. The number of hydrogen-bond donors (Lipinski definition) is 0. The first-order chi connectivity index (χ1) is 9.21. The molecule has 108 valence electrons. The first kappa shape index (κ1) is 22.0. The Morgan fingerprint density at radius 2 is 1.91 bits per heavy atom. The Morgan fingerprint density at radius 3 is 2.36 bits per heavy atom. The van der Waals surface area contributed by atoms with E-state index in [2.05, 4.69) is 10.3 Å². The molecule has 2 rings (SSSR count). The van der Waals surface area contributed by atoms with Crippen LogP contribution in [-0.4, -0.2) is 33.3 Å². The second-order valence-electron chi connectivity index (χ2n) is 4.74. The number of fused-ring (bicyclic) bond motifs is 1. The fourth-order valence-electron chi connectivity index (χ4n) is 2.01. The van der Waals surface area contributed by atoms with Crippen LogP contribution in [0.3, 0.4) is 0 Å². The standard InChI is InChI=1S/C11H13N3O5S.2Na/c1-6(2)5-7-3-4-8-10(9(7)11(15)16)12-13-14(8)20(17,18)19;;/h3-4,6H,5H2,1-2H3,(H,15,16)(H,17,18,19);;/q;2*+1/p-2. The van der Waals surface area contributed by atoms with E-state index in [0.29, 0.717) is 12.0 Å². The summed E-state index contributed by atoms with van der Waals surface area (Å²) in [6.45, 7) is 3.81. The van der Waals surface area contributed by atoms with Crippen LogP contribution in [0.5, 0.6) is 0 Å². The number of aromatic carboxylic acids is 1. The average Bonchev–Trinajstić information content (AvgIpc) is 2.70. The molecule has 0 fully saturated rings. The van der Waals surface area contributed by atoms with Crippen molar-refractivity contribution in [1.29, 1.82) is 0 Å². The molecule has 1 aromatic carbocycles. The number of aromatic nitrogens is 3. The molecule has 1 heterocycles. The van der Waals surface area contributed by atoms with Crippen LogP contribution in [0, 0.1) is 5.92 Å². The molecule has 0 unspecified atom stereocenters. The summed E-state index contributed by atoms with van der Waals surface area (Å²) in [6, 6.07) is 2.76. The van der Waals surface area contributed by atoms with Gasteiger partial charge in [-0.05, 0) is 24.0 Å². The maximum atomic E-state index is 11.3. The SMILES string of the molecule is CC(C)Cc1ccc2c(nnn2S(=O)(=O)[O-])c1C(=O)[O-].[Na+].[Na+]. The molecule has 22 heavy (non-hydrogen) atoms. The van der Waals surface area contributed by atoms with Gasteiger partial charge in [0.15, 0.2) is 0 Å². The second kappa shape index (κ2) is 8.20. The van der Waals surface area contributed by atoms with Crippen molar-refractivity contribution in [2.24, 2.45) is 5.92 Å². The van der Waals surface area contributed by atoms with Crippen LogP contribution in [0.25, 0.3) is 11.0 Å². The van der Waals surface area contributed by atoms with Gasteiger partial charge in [0, 0.05) is 5.56 Å². The molecule has 0 aliphatic heterocycles. The van der Waals surface area contributed by atoms with Gasteiger partial charge in [0.2, 0.25) is 10.3 Å². The third-order valence-electron chi connectivity index (χ3n) is 2.72. The Morgan fingerprint density at radius 1 is 1.32 bits per heavy atom. The van der Waals surface area contributed by atoms with Gasteiger partial charge in [-0.25, -0.2) is 8.42 Å². The predicted molar refractivity (Wildman–Crippen MR) is 65.5 cm³/mol. The first-order valence-electron chi connectivity index (χ1n) is 5.77. The van der Waals surface area contributed by atoms with Crippen molar-refractivity contribution in [1.82, 2.24) is 14.4 Å². The molecule has 0 spiro atoms. The molecule has 0 amide bonds. The van der Waals surface area contributed by atoms with Crippen LogP contribution in [0.1, 0.15) is 29.8 Å². The number of carbonyl (C=O) groups is 1. The summed E-state index contributed by atoms with van der Waals surface area (Å²) in [5.41, 5.74) is -0.108. The van der Waals surface area contributed by atoms with Gasteiger partial charge in [0.25, 0.3) is 0 Å². The van der Waals surface area contributed by atoms with Gasteiger partial charge in [-0.3, -0.25) is 0 Å². The molecular weight excluding hydrogens is 332 g/mol. The van der Waals surface area contributed by atoms with Crippen molar-refractivity contribution in [3.05, 3.63) is 23.3 Å². The Balaban J connectivity index is 0.00000220. The summed E-state index contributed by atoms with van der Waals surface area (Å²) in [7, 11) is -4.88. The predicted octanol–water partition coefficient (Wildman–Crippen LogP) is -6.69. The topological polar surface area (TPSA) is 128 Å². The zero-order chi connectivity index (χ0) is 15.1. The van der Waals surface area contributed by atoms with Crippen molar-refractivity contribution >= 4 is 27.3 Å². The average molecular weight is 343 g/mol. The van der Waals surface area contributed by atoms with Gasteiger partial charge in [-0.1, -0.05) is 25.1 Å². The van der Waals surface area contributed by atoms with E-state index in [9.17, 15) is 22.9 Å². The normalized spacial score (nSPS) is 11.1. The zero-order valence-electron chi connectivity index (χ0n) is 12.7. The summed E-state index contributed by atoms with van der Waals surface area (Å²) < 4.78 is 33.1. The van der Waals surface area contributed by atoms with Crippen molar-refractivity contribution in [2.45, 2.75) is 20.3 Å². The molecular formula is C11H11N3Na2O5S. The van der Waals surface area contributed by atoms with E-state index in [-0.39, 0.29) is 85.7 Å². The molecule has 0 N–H and O–H groups in total. The van der Waals surface area contributed by atoms with E-state index in [1.807, 2.05) is 13.8 Å². The van der Waals surface area contributed by atoms with Crippen molar-refractivity contribution in [3.63, 3.8) is 0 Å². The van der Waals surface area contributed by atoms with Crippen molar-refractivity contribution in [2.75, 3.05) is 0 Å². The van der Waals surface area contributed by atoms with E-state index in [0.717, 1.165) is 0 Å². The van der Waals surface area contributed by atoms with Crippen LogP contribution in [0.4, 0.5) is 0 Å². The molecule has 11 heteroatoms. The molecule has 0 saturated heterocycles. The summed E-state index contributed by atoms with van der Waals surface area (Å²) >= 11 is 0. The van der Waals surface area contributed by atoms with Gasteiger partial charge in [-0.15, -0.1) is 9.19 Å². The number of rotatable bonds is 4. The van der Waals surface area contributed by atoms with Gasteiger partial charge in [0.1, 0.15) is 11.0 Å². The summed E-state index contributed by atoms with van der Waals surface area (Å²) in [5.74, 6) is -1.30. The van der Waals surface area contributed by atoms with Crippen molar-refractivity contribution < 1.29 is 82.0 Å². The third kappa shape index (κ3) is 4.51. The number of hydrogen-bond acceptors (Lipinski definition) is 7. The van der Waals surface area contributed by atoms with Crippen LogP contribution >= 0.6 is 0 Å². The number of nitrogens with zero attached hydrogens (tertiary/aromatic N) is 3. The van der Waals surface area contributed by atoms with Crippen LogP contribution < -0.4 is 64.2 Å². The van der Waals surface area contributed by atoms with E-state index < -0.39 is 16.3 Å². The monoisotopic (exact) mass is 343 g/mol. The molecule has 8 nitrogen and oxygen atoms in total. The number of carbonyl (C=O) groups excluding carboxylic acids is 1. The summed E-state index contributed by atoms with van der Waals surface area (Å²) in [6.07, 6.45) is 0.455. The minimum atomic E-state index is -4.88.